The first-order chi connectivity index (χ1) is 9.04. The molecule has 0 aromatic carbocycles. The molecule has 0 saturated carbocycles. The van der Waals surface area contributed by atoms with Crippen LogP contribution in [-0.2, 0) is 23.1 Å². The summed E-state index contributed by atoms with van der Waals surface area (Å²) in [4.78, 5) is 2.27. The van der Waals surface area contributed by atoms with Crippen molar-refractivity contribution in [2.24, 2.45) is 0 Å². The van der Waals surface area contributed by atoms with E-state index in [4.69, 9.17) is 0 Å². The summed E-state index contributed by atoms with van der Waals surface area (Å²) < 4.78 is 27.4. The van der Waals surface area contributed by atoms with E-state index < -0.39 is 10.0 Å². The summed E-state index contributed by atoms with van der Waals surface area (Å²) >= 11 is 3.01. The van der Waals surface area contributed by atoms with Crippen LogP contribution in [0.1, 0.15) is 15.3 Å². The number of sulfonamides is 1. The van der Waals surface area contributed by atoms with E-state index in [9.17, 15) is 8.42 Å². The number of aryl methyl sites for hydroxylation is 1. The van der Waals surface area contributed by atoms with Crippen LogP contribution in [0.25, 0.3) is 0 Å². The van der Waals surface area contributed by atoms with E-state index >= 15 is 0 Å². The third-order valence-corrected chi connectivity index (χ3v) is 6.35. The van der Waals surface area contributed by atoms with Crippen LogP contribution in [0.2, 0.25) is 0 Å². The van der Waals surface area contributed by atoms with Gasteiger partial charge >= 0.3 is 0 Å². The Hall–Kier alpha value is -0.730. The van der Waals surface area contributed by atoms with E-state index in [1.165, 1.54) is 11.3 Å². The Bertz CT molecular complexity index is 630. The zero-order valence-corrected chi connectivity index (χ0v) is 13.2. The summed E-state index contributed by atoms with van der Waals surface area (Å²) in [6.45, 7) is 2.73. The molecule has 0 saturated heterocycles. The molecule has 0 aliphatic carbocycles. The molecule has 2 rings (SSSR count). The lowest BCUT2D eigenvalue weighted by Crippen LogP contribution is -2.24. The highest BCUT2D eigenvalue weighted by atomic mass is 32.2. The van der Waals surface area contributed by atoms with Gasteiger partial charge in [0.05, 0.1) is 0 Å². The van der Waals surface area contributed by atoms with Gasteiger partial charge in [-0.15, -0.1) is 22.7 Å². The van der Waals surface area contributed by atoms with Crippen molar-refractivity contribution >= 4 is 32.7 Å². The Morgan fingerprint density at radius 1 is 1.26 bits per heavy atom. The number of nitrogens with one attached hydrogen (secondary N) is 2. The van der Waals surface area contributed by atoms with Crippen molar-refractivity contribution < 1.29 is 8.42 Å². The highest BCUT2D eigenvalue weighted by Gasteiger charge is 2.22. The fourth-order valence-corrected chi connectivity index (χ4v) is 5.34. The molecule has 0 atom stereocenters. The second-order valence-electron chi connectivity index (χ2n) is 4.11. The van der Waals surface area contributed by atoms with Crippen molar-refractivity contribution in [1.29, 1.82) is 0 Å². The van der Waals surface area contributed by atoms with Gasteiger partial charge in [0.2, 0.25) is 10.0 Å². The Morgan fingerprint density at radius 2 is 2.05 bits per heavy atom. The van der Waals surface area contributed by atoms with Crippen molar-refractivity contribution in [3.63, 3.8) is 0 Å². The molecule has 2 aromatic rings. The minimum atomic E-state index is -3.45. The van der Waals surface area contributed by atoms with Crippen molar-refractivity contribution in [1.82, 2.24) is 10.0 Å². The highest BCUT2D eigenvalue weighted by molar-refractivity contribution is 7.89. The van der Waals surface area contributed by atoms with Crippen molar-refractivity contribution in [3.8, 4) is 0 Å². The summed E-state index contributed by atoms with van der Waals surface area (Å²) in [5, 5.41) is 6.82. The monoisotopic (exact) mass is 316 g/mol. The van der Waals surface area contributed by atoms with Crippen LogP contribution in [0.3, 0.4) is 0 Å². The van der Waals surface area contributed by atoms with Crippen molar-refractivity contribution in [2.45, 2.75) is 24.9 Å². The van der Waals surface area contributed by atoms with Crippen molar-refractivity contribution in [3.05, 3.63) is 38.2 Å². The molecule has 104 valence electrons. The first-order valence-electron chi connectivity index (χ1n) is 5.78. The van der Waals surface area contributed by atoms with E-state index in [0.717, 1.165) is 15.3 Å². The molecule has 7 heteroatoms. The lowest BCUT2D eigenvalue weighted by Gasteiger charge is -2.08. The van der Waals surface area contributed by atoms with E-state index in [1.54, 1.807) is 11.3 Å². The van der Waals surface area contributed by atoms with Crippen molar-refractivity contribution in [2.75, 3.05) is 7.05 Å². The normalized spacial score (nSPS) is 11.9. The largest absolute Gasteiger partial charge is 0.315 e. The zero-order chi connectivity index (χ0) is 13.9. The van der Waals surface area contributed by atoms with E-state index in [1.807, 2.05) is 36.9 Å². The van der Waals surface area contributed by atoms with Gasteiger partial charge in [0.15, 0.2) is 0 Å². The molecule has 2 aromatic heterocycles. The molecule has 2 N–H and O–H groups in total. The maximum absolute atomic E-state index is 12.4. The van der Waals surface area contributed by atoms with Crippen LogP contribution in [0.15, 0.2) is 27.8 Å². The van der Waals surface area contributed by atoms with Gasteiger partial charge < -0.3 is 5.32 Å². The molecule has 0 aliphatic heterocycles. The topological polar surface area (TPSA) is 58.2 Å². The minimum absolute atomic E-state index is 0.342. The third kappa shape index (κ3) is 3.43. The molecular formula is C12H16N2O2S3. The average Bonchev–Trinajstić information content (AvgIpc) is 2.97. The van der Waals surface area contributed by atoms with Crippen LogP contribution in [0, 0.1) is 6.92 Å². The van der Waals surface area contributed by atoms with E-state index in [-0.39, 0.29) is 0 Å². The summed E-state index contributed by atoms with van der Waals surface area (Å²) in [5.74, 6) is 0. The molecule has 0 radical (unpaired) electrons. The molecule has 0 bridgehead atoms. The third-order valence-electron chi connectivity index (χ3n) is 2.61. The quantitative estimate of drug-likeness (QED) is 0.860. The van der Waals surface area contributed by atoms with Crippen LogP contribution >= 0.6 is 22.7 Å². The molecule has 4 nitrogen and oxygen atoms in total. The van der Waals surface area contributed by atoms with Gasteiger partial charge in [-0.05, 0) is 36.4 Å². The molecular weight excluding hydrogens is 300 g/mol. The Balaban J connectivity index is 2.21. The van der Waals surface area contributed by atoms with Crippen LogP contribution < -0.4 is 10.0 Å². The maximum Gasteiger partial charge on any atom is 0.242 e. The maximum atomic E-state index is 12.4. The van der Waals surface area contributed by atoms with Gasteiger partial charge in [0.25, 0.3) is 0 Å². The summed E-state index contributed by atoms with van der Waals surface area (Å²) in [6, 6.07) is 3.83. The van der Waals surface area contributed by atoms with Gasteiger partial charge in [-0.1, -0.05) is 6.07 Å². The van der Waals surface area contributed by atoms with Crippen LogP contribution in [0.4, 0.5) is 0 Å². The standard InChI is InChI=1S/C12H16N2O2S3/c1-9-8-18-11(7-13-2)12(9)19(15,16)14-6-10-4-3-5-17-10/h3-5,8,13-14H,6-7H2,1-2H3. The summed E-state index contributed by atoms with van der Waals surface area (Å²) in [6.07, 6.45) is 0. The zero-order valence-electron chi connectivity index (χ0n) is 10.8. The summed E-state index contributed by atoms with van der Waals surface area (Å²) in [7, 11) is -1.64. The number of hydrogen-bond acceptors (Lipinski definition) is 5. The lowest BCUT2D eigenvalue weighted by atomic mass is 10.3. The second kappa shape index (κ2) is 6.15. The molecule has 2 heterocycles. The lowest BCUT2D eigenvalue weighted by molar-refractivity contribution is 0.580. The predicted molar refractivity (Wildman–Crippen MR) is 80.2 cm³/mol. The molecule has 19 heavy (non-hydrogen) atoms. The van der Waals surface area contributed by atoms with Gasteiger partial charge in [0.1, 0.15) is 4.90 Å². The smallest absolute Gasteiger partial charge is 0.242 e. The predicted octanol–water partition coefficient (Wildman–Crippen LogP) is 2.32. The molecule has 0 fully saturated rings. The minimum Gasteiger partial charge on any atom is -0.315 e. The number of rotatable bonds is 6. The fourth-order valence-electron chi connectivity index (χ4n) is 1.78. The Morgan fingerprint density at radius 3 is 2.68 bits per heavy atom. The van der Waals surface area contributed by atoms with Gasteiger partial charge in [-0.25, -0.2) is 13.1 Å². The Labute approximate surface area is 121 Å². The number of thiophene rings is 2. The van der Waals surface area contributed by atoms with Crippen LogP contribution in [-0.4, -0.2) is 15.5 Å². The number of hydrogen-bond donors (Lipinski definition) is 2. The first kappa shape index (κ1) is 14.7. The highest BCUT2D eigenvalue weighted by Crippen LogP contribution is 2.26. The van der Waals surface area contributed by atoms with Crippen LogP contribution in [0.5, 0.6) is 0 Å². The first-order valence-corrected chi connectivity index (χ1v) is 9.02. The van der Waals surface area contributed by atoms with Gasteiger partial charge in [-0.2, -0.15) is 0 Å². The molecule has 0 aliphatic rings. The molecule has 0 spiro atoms. The molecule has 0 unspecified atom stereocenters. The van der Waals surface area contributed by atoms with E-state index in [2.05, 4.69) is 10.0 Å². The van der Waals surface area contributed by atoms with Gasteiger partial charge in [-0.3, -0.25) is 0 Å². The van der Waals surface area contributed by atoms with E-state index in [0.29, 0.717) is 18.0 Å². The molecule has 0 amide bonds. The SMILES string of the molecule is CNCc1scc(C)c1S(=O)(=O)NCc1cccs1. The summed E-state index contributed by atoms with van der Waals surface area (Å²) in [5.41, 5.74) is 0.800. The Kier molecular flexibility index (Phi) is 4.75. The average molecular weight is 316 g/mol. The second-order valence-corrected chi connectivity index (χ2v) is 7.81. The van der Waals surface area contributed by atoms with Gasteiger partial charge in [0, 0.05) is 22.8 Å². The fraction of sp³-hybridized carbons (Fsp3) is 0.333.